The van der Waals surface area contributed by atoms with E-state index in [0.29, 0.717) is 29.9 Å². The molecule has 42 heavy (non-hydrogen) atoms. The summed E-state index contributed by atoms with van der Waals surface area (Å²) in [5.74, 6) is -2.30. The van der Waals surface area contributed by atoms with Crippen molar-refractivity contribution >= 4 is 35.0 Å². The molecule has 0 spiro atoms. The molecular formula is C31H32Cl2FN3O5. The van der Waals surface area contributed by atoms with Gasteiger partial charge in [-0.2, -0.15) is 5.26 Å². The Bertz CT molecular complexity index is 1530. The molecule has 0 saturated carbocycles. The molecular weight excluding hydrogens is 584 g/mol. The molecule has 0 aliphatic heterocycles. The molecule has 3 aromatic carbocycles. The summed E-state index contributed by atoms with van der Waals surface area (Å²) >= 11 is 12.2. The Hall–Kier alpha value is -3.68. The maximum atomic E-state index is 15.3. The van der Waals surface area contributed by atoms with Gasteiger partial charge in [0.1, 0.15) is 11.5 Å². The van der Waals surface area contributed by atoms with Crippen molar-refractivity contribution in [3.05, 3.63) is 86.6 Å². The minimum absolute atomic E-state index is 0.0128. The Balaban J connectivity index is 1.63. The van der Waals surface area contributed by atoms with Crippen molar-refractivity contribution in [3.63, 3.8) is 0 Å². The molecule has 0 aliphatic carbocycles. The van der Waals surface area contributed by atoms with Gasteiger partial charge in [-0.05, 0) is 82.6 Å². The average molecular weight is 617 g/mol. The fourth-order valence-corrected chi connectivity index (χ4v) is 4.53. The summed E-state index contributed by atoms with van der Waals surface area (Å²) in [5, 5.41) is 35.9. The van der Waals surface area contributed by atoms with Gasteiger partial charge in [-0.3, -0.25) is 10.8 Å². The number of nitrogens with zero attached hydrogens (tertiary/aromatic N) is 1. The molecule has 0 bridgehead atoms. The van der Waals surface area contributed by atoms with Gasteiger partial charge in [0.15, 0.2) is 23.3 Å². The van der Waals surface area contributed by atoms with Crippen molar-refractivity contribution in [2.45, 2.75) is 58.8 Å². The zero-order chi connectivity index (χ0) is 31.2. The molecule has 8 nitrogen and oxygen atoms in total. The molecule has 222 valence electrons. The monoisotopic (exact) mass is 615 g/mol. The number of benzene rings is 3. The predicted molar refractivity (Wildman–Crippen MR) is 160 cm³/mol. The van der Waals surface area contributed by atoms with Crippen LogP contribution in [-0.4, -0.2) is 34.9 Å². The highest BCUT2D eigenvalue weighted by atomic mass is 35.5. The first-order valence-electron chi connectivity index (χ1n) is 12.9. The smallest absolute Gasteiger partial charge is 0.221 e. The maximum absolute atomic E-state index is 15.3. The Morgan fingerprint density at radius 3 is 2.38 bits per heavy atom. The second-order valence-corrected chi connectivity index (χ2v) is 11.5. The van der Waals surface area contributed by atoms with Gasteiger partial charge >= 0.3 is 0 Å². The first-order valence-corrected chi connectivity index (χ1v) is 13.7. The van der Waals surface area contributed by atoms with E-state index in [2.05, 4.69) is 0 Å². The Morgan fingerprint density at radius 1 is 1.02 bits per heavy atom. The van der Waals surface area contributed by atoms with E-state index in [1.807, 2.05) is 19.9 Å². The zero-order valence-electron chi connectivity index (χ0n) is 23.9. The van der Waals surface area contributed by atoms with Crippen LogP contribution >= 0.6 is 23.2 Å². The van der Waals surface area contributed by atoms with Crippen LogP contribution in [0.3, 0.4) is 0 Å². The molecule has 0 aliphatic rings. The summed E-state index contributed by atoms with van der Waals surface area (Å²) in [7, 11) is 0. The van der Waals surface area contributed by atoms with E-state index in [4.69, 9.17) is 58.2 Å². The molecule has 0 aromatic heterocycles. The van der Waals surface area contributed by atoms with Crippen molar-refractivity contribution in [1.82, 2.24) is 0 Å². The topological polar surface area (TPSA) is 129 Å². The van der Waals surface area contributed by atoms with E-state index in [0.717, 1.165) is 0 Å². The first kappa shape index (κ1) is 32.8. The number of rotatable bonds is 11. The summed E-state index contributed by atoms with van der Waals surface area (Å²) < 4.78 is 37.8. The molecule has 11 heteroatoms. The Labute approximate surface area is 254 Å². The van der Waals surface area contributed by atoms with E-state index in [-0.39, 0.29) is 50.9 Å². The van der Waals surface area contributed by atoms with Crippen LogP contribution in [0, 0.1) is 34.9 Å². The van der Waals surface area contributed by atoms with Crippen LogP contribution in [0.15, 0.2) is 48.5 Å². The van der Waals surface area contributed by atoms with E-state index in [1.165, 1.54) is 30.3 Å². The van der Waals surface area contributed by atoms with Crippen LogP contribution in [0.1, 0.15) is 56.4 Å². The highest BCUT2D eigenvalue weighted by molar-refractivity contribution is 6.32. The summed E-state index contributed by atoms with van der Waals surface area (Å²) in [6, 6.07) is 14.1. The molecule has 3 rings (SSSR count). The van der Waals surface area contributed by atoms with Crippen LogP contribution in [-0.2, 0) is 15.9 Å². The lowest BCUT2D eigenvalue weighted by Crippen LogP contribution is -2.37. The lowest BCUT2D eigenvalue weighted by Gasteiger charge is -2.32. The molecule has 3 aromatic rings. The number of nitrogens with one attached hydrogen (secondary N) is 2. The number of aryl methyl sites for hydroxylation is 1. The number of halogens is 3. The Morgan fingerprint density at radius 2 is 1.74 bits per heavy atom. The van der Waals surface area contributed by atoms with E-state index < -0.39 is 17.2 Å². The SMILES string of the molecule is Cc1cc(OCCC(C)(C)OC(C)(C)O)ccc1C(=N)OC(=N)Cc1ccc(Cl)c(Oc2cc(Cl)cc(C#N)c2)c1F. The molecule has 0 fully saturated rings. The fourth-order valence-electron chi connectivity index (χ4n) is 4.12. The standard InChI is InChI=1S/C31H32Cl2FN3O5/c1-18-12-22(39-11-10-30(2,3)42-31(4,5)38)7-8-24(18)29(37)41-26(36)15-20-6-9-25(33)28(27(20)34)40-23-14-19(17-35)13-21(32)16-23/h6-9,12-14,16,36-38H,10-11,15H2,1-5H3. The number of ether oxygens (including phenoxy) is 4. The largest absolute Gasteiger partial charge is 0.493 e. The minimum atomic E-state index is -1.26. The highest BCUT2D eigenvalue weighted by Gasteiger charge is 2.27. The van der Waals surface area contributed by atoms with Gasteiger partial charge in [-0.25, -0.2) is 4.39 Å². The maximum Gasteiger partial charge on any atom is 0.221 e. The third-order valence-corrected chi connectivity index (χ3v) is 6.38. The van der Waals surface area contributed by atoms with Gasteiger partial charge in [-0.1, -0.05) is 29.3 Å². The minimum Gasteiger partial charge on any atom is -0.493 e. The summed E-state index contributed by atoms with van der Waals surface area (Å²) in [6.07, 6.45) is 0.255. The third kappa shape index (κ3) is 9.43. The number of hydrogen-bond donors (Lipinski definition) is 3. The van der Waals surface area contributed by atoms with Crippen molar-refractivity contribution in [2.75, 3.05) is 6.61 Å². The van der Waals surface area contributed by atoms with Gasteiger partial charge in [-0.15, -0.1) is 0 Å². The van der Waals surface area contributed by atoms with E-state index in [1.54, 1.807) is 39.0 Å². The quantitative estimate of drug-likeness (QED) is 0.114. The molecule has 3 N–H and O–H groups in total. The van der Waals surface area contributed by atoms with Gasteiger partial charge in [0.25, 0.3) is 0 Å². The molecule has 0 amide bonds. The molecule has 0 unspecified atom stereocenters. The molecule has 0 atom stereocenters. The second-order valence-electron chi connectivity index (χ2n) is 10.7. The summed E-state index contributed by atoms with van der Waals surface area (Å²) in [5.41, 5.74) is 0.814. The van der Waals surface area contributed by atoms with Crippen molar-refractivity contribution < 1.29 is 28.4 Å². The van der Waals surface area contributed by atoms with E-state index >= 15 is 4.39 Å². The summed E-state index contributed by atoms with van der Waals surface area (Å²) in [6.45, 7) is 9.00. The Kier molecular flexibility index (Phi) is 10.6. The van der Waals surface area contributed by atoms with Crippen LogP contribution in [0.25, 0.3) is 0 Å². The van der Waals surface area contributed by atoms with Gasteiger partial charge in [0.05, 0.1) is 35.3 Å². The third-order valence-electron chi connectivity index (χ3n) is 5.87. The second kappa shape index (κ2) is 13.5. The van der Waals surface area contributed by atoms with Crippen LogP contribution in [0.2, 0.25) is 10.0 Å². The number of hydrogen-bond acceptors (Lipinski definition) is 8. The van der Waals surface area contributed by atoms with Crippen LogP contribution in [0.4, 0.5) is 4.39 Å². The molecule has 0 heterocycles. The number of nitriles is 1. The lowest BCUT2D eigenvalue weighted by atomic mass is 10.1. The zero-order valence-corrected chi connectivity index (χ0v) is 25.4. The summed E-state index contributed by atoms with van der Waals surface area (Å²) in [4.78, 5) is 0. The lowest BCUT2D eigenvalue weighted by molar-refractivity contribution is -0.237. The van der Waals surface area contributed by atoms with Gasteiger partial charge in [0.2, 0.25) is 5.90 Å². The van der Waals surface area contributed by atoms with Crippen molar-refractivity contribution in [2.24, 2.45) is 0 Å². The van der Waals surface area contributed by atoms with Crippen molar-refractivity contribution in [1.29, 1.82) is 16.1 Å². The predicted octanol–water partition coefficient (Wildman–Crippen LogP) is 7.96. The normalized spacial score (nSPS) is 11.5. The van der Waals surface area contributed by atoms with Crippen LogP contribution < -0.4 is 9.47 Å². The van der Waals surface area contributed by atoms with Crippen LogP contribution in [0.5, 0.6) is 17.2 Å². The molecule has 0 saturated heterocycles. The highest BCUT2D eigenvalue weighted by Crippen LogP contribution is 2.35. The first-order chi connectivity index (χ1) is 19.6. The number of aliphatic hydroxyl groups is 1. The van der Waals surface area contributed by atoms with Gasteiger partial charge < -0.3 is 24.1 Å². The fraction of sp³-hybridized carbons (Fsp3) is 0.323. The van der Waals surface area contributed by atoms with E-state index in [9.17, 15) is 5.11 Å². The van der Waals surface area contributed by atoms with Gasteiger partial charge in [0, 0.05) is 22.6 Å². The molecule has 0 radical (unpaired) electrons. The van der Waals surface area contributed by atoms with Crippen molar-refractivity contribution in [3.8, 4) is 23.3 Å². The average Bonchev–Trinajstić information content (AvgIpc) is 2.86.